The van der Waals surface area contributed by atoms with Crippen molar-refractivity contribution in [2.45, 2.75) is 51.7 Å². The van der Waals surface area contributed by atoms with Gasteiger partial charge >= 0.3 is 0 Å². The summed E-state index contributed by atoms with van der Waals surface area (Å²) in [5.41, 5.74) is 0.136. The number of methoxy groups -OCH3 is 1. The van der Waals surface area contributed by atoms with E-state index in [0.717, 1.165) is 32.4 Å². The second-order valence-corrected chi connectivity index (χ2v) is 6.16. The number of ether oxygens (including phenoxy) is 1. The van der Waals surface area contributed by atoms with Crippen molar-refractivity contribution in [1.82, 2.24) is 10.2 Å². The molecular weight excluding hydrogens is 228 g/mol. The van der Waals surface area contributed by atoms with Crippen LogP contribution in [0.2, 0.25) is 0 Å². The number of hydrogen-bond acceptors (Lipinski definition) is 3. The minimum atomic E-state index is 0.136. The smallest absolute Gasteiger partial charge is 0.236 e. The van der Waals surface area contributed by atoms with Gasteiger partial charge in [-0.15, -0.1) is 0 Å². The Bertz CT molecular complexity index is 298. The first-order valence-corrected chi connectivity index (χ1v) is 7.09. The molecule has 0 bridgehead atoms. The molecule has 1 heterocycles. The lowest BCUT2D eigenvalue weighted by Crippen LogP contribution is -2.61. The molecule has 1 saturated carbocycles. The number of nitrogens with zero attached hydrogens (tertiary/aromatic N) is 1. The van der Waals surface area contributed by atoms with Gasteiger partial charge in [0.2, 0.25) is 5.91 Å². The maximum absolute atomic E-state index is 12.0. The number of carbonyl (C=O) groups excluding carboxylic acids is 1. The molecule has 0 radical (unpaired) electrons. The van der Waals surface area contributed by atoms with Crippen LogP contribution in [0.1, 0.15) is 39.5 Å². The van der Waals surface area contributed by atoms with Crippen molar-refractivity contribution in [3.8, 4) is 0 Å². The van der Waals surface area contributed by atoms with Crippen LogP contribution in [0.15, 0.2) is 0 Å². The zero-order valence-corrected chi connectivity index (χ0v) is 11.9. The van der Waals surface area contributed by atoms with Crippen LogP contribution >= 0.6 is 0 Å². The summed E-state index contributed by atoms with van der Waals surface area (Å²) in [5.74, 6) is 0.256. The molecular formula is C14H26N2O2. The average Bonchev–Trinajstić information content (AvgIpc) is 2.38. The number of carbonyl (C=O) groups is 1. The summed E-state index contributed by atoms with van der Waals surface area (Å²) in [5, 5.41) is 3.40. The molecule has 0 aromatic rings. The number of nitrogens with one attached hydrogen (secondary N) is 1. The summed E-state index contributed by atoms with van der Waals surface area (Å²) in [6, 6.07) is 0.399. The van der Waals surface area contributed by atoms with Gasteiger partial charge in [-0.05, 0) is 25.7 Å². The monoisotopic (exact) mass is 254 g/mol. The molecule has 2 rings (SSSR count). The lowest BCUT2D eigenvalue weighted by atomic mass is 9.64. The minimum absolute atomic E-state index is 0.136. The fourth-order valence-electron chi connectivity index (χ4n) is 3.10. The van der Waals surface area contributed by atoms with E-state index < -0.39 is 0 Å². The van der Waals surface area contributed by atoms with Crippen molar-refractivity contribution in [3.63, 3.8) is 0 Å². The van der Waals surface area contributed by atoms with E-state index >= 15 is 0 Å². The zero-order valence-electron chi connectivity index (χ0n) is 11.9. The third-order valence-corrected chi connectivity index (χ3v) is 4.67. The molecule has 1 aliphatic heterocycles. The maximum Gasteiger partial charge on any atom is 0.236 e. The van der Waals surface area contributed by atoms with E-state index in [9.17, 15) is 4.79 Å². The second kappa shape index (κ2) is 5.57. The molecule has 0 spiro atoms. The van der Waals surface area contributed by atoms with Crippen molar-refractivity contribution in [3.05, 3.63) is 0 Å². The predicted octanol–water partition coefficient (Wildman–Crippen LogP) is 1.40. The van der Waals surface area contributed by atoms with E-state index in [1.54, 1.807) is 7.11 Å². The van der Waals surface area contributed by atoms with Crippen molar-refractivity contribution in [2.24, 2.45) is 5.41 Å². The van der Waals surface area contributed by atoms with Crippen LogP contribution in [0.25, 0.3) is 0 Å². The lowest BCUT2D eigenvalue weighted by molar-refractivity contribution is -0.133. The van der Waals surface area contributed by atoms with Crippen LogP contribution in [0.5, 0.6) is 0 Å². The Labute approximate surface area is 110 Å². The highest BCUT2D eigenvalue weighted by Gasteiger charge is 2.48. The lowest BCUT2D eigenvalue weighted by Gasteiger charge is -2.51. The number of amides is 1. The molecule has 1 amide bonds. The van der Waals surface area contributed by atoms with Crippen LogP contribution < -0.4 is 5.32 Å². The quantitative estimate of drug-likeness (QED) is 0.824. The highest BCUT2D eigenvalue weighted by molar-refractivity contribution is 5.78. The molecule has 4 nitrogen and oxygen atoms in total. The summed E-state index contributed by atoms with van der Waals surface area (Å²) < 4.78 is 5.42. The topological polar surface area (TPSA) is 41.6 Å². The van der Waals surface area contributed by atoms with Crippen LogP contribution in [0.3, 0.4) is 0 Å². The number of likely N-dealkylation sites (tertiary alicyclic amines) is 1. The molecule has 2 fully saturated rings. The summed E-state index contributed by atoms with van der Waals surface area (Å²) in [4.78, 5) is 14.0. The van der Waals surface area contributed by atoms with Crippen molar-refractivity contribution in [1.29, 1.82) is 0 Å². The highest BCUT2D eigenvalue weighted by atomic mass is 16.5. The van der Waals surface area contributed by atoms with E-state index in [2.05, 4.69) is 19.2 Å². The highest BCUT2D eigenvalue weighted by Crippen LogP contribution is 2.42. The van der Waals surface area contributed by atoms with Crippen molar-refractivity contribution < 1.29 is 9.53 Å². The summed E-state index contributed by atoms with van der Waals surface area (Å²) >= 11 is 0. The fraction of sp³-hybridized carbons (Fsp3) is 0.929. The van der Waals surface area contributed by atoms with Crippen LogP contribution in [0.4, 0.5) is 0 Å². The molecule has 1 N–H and O–H groups in total. The Morgan fingerprint density at radius 1 is 1.33 bits per heavy atom. The Balaban J connectivity index is 1.73. The van der Waals surface area contributed by atoms with E-state index in [-0.39, 0.29) is 11.3 Å². The van der Waals surface area contributed by atoms with Gasteiger partial charge in [-0.3, -0.25) is 4.79 Å². The molecule has 0 aromatic carbocycles. The standard InChI is InChI=1S/C14H26N2O2/c1-14(2)11(9-12(14)18-3)15-10-13(17)16-7-5-4-6-8-16/h11-12,15H,4-10H2,1-3H3. The Morgan fingerprint density at radius 2 is 2.00 bits per heavy atom. The van der Waals surface area contributed by atoms with E-state index in [4.69, 9.17) is 4.74 Å². The molecule has 0 aromatic heterocycles. The first-order chi connectivity index (χ1) is 8.55. The largest absolute Gasteiger partial charge is 0.381 e. The molecule has 1 aliphatic carbocycles. The summed E-state index contributed by atoms with van der Waals surface area (Å²) in [6.45, 7) is 6.76. The van der Waals surface area contributed by atoms with E-state index in [1.165, 1.54) is 6.42 Å². The molecule has 2 unspecified atom stereocenters. The number of rotatable bonds is 4. The molecule has 2 atom stereocenters. The molecule has 2 aliphatic rings. The van der Waals surface area contributed by atoms with E-state index in [1.807, 2.05) is 4.90 Å². The van der Waals surface area contributed by atoms with Crippen LogP contribution in [-0.2, 0) is 9.53 Å². The van der Waals surface area contributed by atoms with Crippen molar-refractivity contribution in [2.75, 3.05) is 26.7 Å². The zero-order chi connectivity index (χ0) is 13.2. The SMILES string of the molecule is COC1CC(NCC(=O)N2CCCCC2)C1(C)C. The molecule has 4 heteroatoms. The Kier molecular flexibility index (Phi) is 4.28. The summed E-state index contributed by atoms with van der Waals surface area (Å²) in [6.07, 6.45) is 4.91. The van der Waals surface area contributed by atoms with Gasteiger partial charge in [0.05, 0.1) is 12.6 Å². The van der Waals surface area contributed by atoms with E-state index in [0.29, 0.717) is 18.7 Å². The molecule has 104 valence electrons. The third kappa shape index (κ3) is 2.69. The normalized spacial score (nSPS) is 30.9. The fourth-order valence-corrected chi connectivity index (χ4v) is 3.10. The van der Waals surface area contributed by atoms with Crippen LogP contribution in [0, 0.1) is 5.41 Å². The van der Waals surface area contributed by atoms with Gasteiger partial charge in [0.25, 0.3) is 0 Å². The second-order valence-electron chi connectivity index (χ2n) is 6.16. The van der Waals surface area contributed by atoms with Gasteiger partial charge in [-0.25, -0.2) is 0 Å². The maximum atomic E-state index is 12.0. The number of piperidine rings is 1. The molecule has 18 heavy (non-hydrogen) atoms. The first-order valence-electron chi connectivity index (χ1n) is 7.09. The van der Waals surface area contributed by atoms with Crippen molar-refractivity contribution >= 4 is 5.91 Å². The predicted molar refractivity (Wildman–Crippen MR) is 71.4 cm³/mol. The summed E-state index contributed by atoms with van der Waals surface area (Å²) in [7, 11) is 1.77. The Morgan fingerprint density at radius 3 is 2.56 bits per heavy atom. The first kappa shape index (κ1) is 13.8. The Hall–Kier alpha value is -0.610. The van der Waals surface area contributed by atoms with Gasteiger partial charge in [-0.1, -0.05) is 13.8 Å². The van der Waals surface area contributed by atoms with Gasteiger partial charge in [0.15, 0.2) is 0 Å². The minimum Gasteiger partial charge on any atom is -0.381 e. The average molecular weight is 254 g/mol. The van der Waals surface area contributed by atoms with Crippen LogP contribution in [-0.4, -0.2) is 49.7 Å². The third-order valence-electron chi connectivity index (χ3n) is 4.67. The number of hydrogen-bond donors (Lipinski definition) is 1. The van der Waals surface area contributed by atoms with Gasteiger partial charge < -0.3 is 15.0 Å². The molecule has 1 saturated heterocycles. The van der Waals surface area contributed by atoms with Gasteiger partial charge in [-0.2, -0.15) is 0 Å². The van der Waals surface area contributed by atoms with Gasteiger partial charge in [0.1, 0.15) is 0 Å². The van der Waals surface area contributed by atoms with Gasteiger partial charge in [0, 0.05) is 31.7 Å².